The average molecular weight is 229 g/mol. The van der Waals surface area contributed by atoms with Gasteiger partial charge in [-0.2, -0.15) is 0 Å². The van der Waals surface area contributed by atoms with E-state index in [4.69, 9.17) is 11.6 Å². The van der Waals surface area contributed by atoms with Gasteiger partial charge in [0, 0.05) is 11.3 Å². The van der Waals surface area contributed by atoms with Crippen molar-refractivity contribution < 1.29 is 4.92 Å². The van der Waals surface area contributed by atoms with Crippen LogP contribution in [-0.2, 0) is 0 Å². The molecule has 0 saturated heterocycles. The Morgan fingerprint density at radius 1 is 1.40 bits per heavy atom. The van der Waals surface area contributed by atoms with E-state index < -0.39 is 4.92 Å². The van der Waals surface area contributed by atoms with E-state index in [1.807, 2.05) is 20.8 Å². The molecule has 4 nitrogen and oxygen atoms in total. The van der Waals surface area contributed by atoms with Crippen LogP contribution >= 0.6 is 11.6 Å². The van der Waals surface area contributed by atoms with Crippen LogP contribution in [0.1, 0.15) is 36.6 Å². The predicted octanol–water partition coefficient (Wildman–Crippen LogP) is 3.38. The molecule has 0 N–H and O–H groups in total. The van der Waals surface area contributed by atoms with Crippen LogP contribution < -0.4 is 0 Å². The Kier molecular flexibility index (Phi) is 3.29. The molecule has 0 aliphatic carbocycles. The lowest BCUT2D eigenvalue weighted by Gasteiger charge is -2.13. The fourth-order valence-corrected chi connectivity index (χ4v) is 2.21. The number of rotatable bonds is 2. The molecule has 0 spiro atoms. The number of nitrogens with zero attached hydrogens (tertiary/aromatic N) is 2. The number of halogens is 1. The largest absolute Gasteiger partial charge is 0.309 e. The lowest BCUT2D eigenvalue weighted by atomic mass is 9.96. The summed E-state index contributed by atoms with van der Waals surface area (Å²) in [4.78, 5) is 14.3. The van der Waals surface area contributed by atoms with Gasteiger partial charge in [-0.3, -0.25) is 10.1 Å². The Morgan fingerprint density at radius 3 is 2.33 bits per heavy atom. The molecule has 82 valence electrons. The van der Waals surface area contributed by atoms with Crippen LogP contribution in [-0.4, -0.2) is 9.91 Å². The SMILES string of the molecule is Cc1nc(Cl)c([N+](=O)[O-])c(C)c1C(C)C. The minimum atomic E-state index is -0.476. The minimum absolute atomic E-state index is 0.0283. The fourth-order valence-electron chi connectivity index (χ4n) is 1.88. The van der Waals surface area contributed by atoms with Crippen molar-refractivity contribution in [1.82, 2.24) is 4.98 Å². The lowest BCUT2D eigenvalue weighted by Crippen LogP contribution is -2.04. The highest BCUT2D eigenvalue weighted by atomic mass is 35.5. The number of aryl methyl sites for hydroxylation is 1. The van der Waals surface area contributed by atoms with Crippen LogP contribution in [0.25, 0.3) is 0 Å². The first-order chi connectivity index (χ1) is 6.86. The zero-order chi connectivity index (χ0) is 11.7. The van der Waals surface area contributed by atoms with Crippen molar-refractivity contribution in [3.05, 3.63) is 32.1 Å². The quantitative estimate of drug-likeness (QED) is 0.443. The maximum Gasteiger partial charge on any atom is 0.309 e. The molecule has 15 heavy (non-hydrogen) atoms. The topological polar surface area (TPSA) is 56.0 Å². The van der Waals surface area contributed by atoms with Crippen molar-refractivity contribution in [2.45, 2.75) is 33.6 Å². The van der Waals surface area contributed by atoms with Gasteiger partial charge in [-0.15, -0.1) is 0 Å². The van der Waals surface area contributed by atoms with Crippen LogP contribution in [0.2, 0.25) is 5.15 Å². The van der Waals surface area contributed by atoms with E-state index in [0.29, 0.717) is 5.56 Å². The first-order valence-electron chi connectivity index (χ1n) is 4.67. The Labute approximate surface area is 93.4 Å². The van der Waals surface area contributed by atoms with Crippen LogP contribution in [0.5, 0.6) is 0 Å². The van der Waals surface area contributed by atoms with Crippen LogP contribution in [0, 0.1) is 24.0 Å². The molecule has 1 rings (SSSR count). The molecule has 0 aromatic carbocycles. The Morgan fingerprint density at radius 2 is 1.93 bits per heavy atom. The molecule has 0 aliphatic heterocycles. The van der Waals surface area contributed by atoms with Crippen molar-refractivity contribution in [2.75, 3.05) is 0 Å². The summed E-state index contributed by atoms with van der Waals surface area (Å²) in [5.41, 5.74) is 2.21. The summed E-state index contributed by atoms with van der Waals surface area (Å²) in [6.45, 7) is 7.50. The first kappa shape index (κ1) is 11.9. The molecule has 1 aromatic heterocycles. The molecule has 0 fully saturated rings. The number of nitro groups is 1. The van der Waals surface area contributed by atoms with E-state index in [9.17, 15) is 10.1 Å². The van der Waals surface area contributed by atoms with Crippen LogP contribution in [0.4, 0.5) is 5.69 Å². The van der Waals surface area contributed by atoms with Gasteiger partial charge in [-0.1, -0.05) is 25.4 Å². The van der Waals surface area contributed by atoms with Gasteiger partial charge in [0.1, 0.15) is 0 Å². The second kappa shape index (κ2) is 4.14. The molecule has 0 saturated carbocycles. The molecule has 0 unspecified atom stereocenters. The summed E-state index contributed by atoms with van der Waals surface area (Å²) in [5, 5.41) is 10.8. The molecule has 0 radical (unpaired) electrons. The zero-order valence-electron chi connectivity index (χ0n) is 9.17. The predicted molar refractivity (Wildman–Crippen MR) is 59.5 cm³/mol. The third-order valence-corrected chi connectivity index (χ3v) is 2.63. The maximum atomic E-state index is 10.8. The molecular weight excluding hydrogens is 216 g/mol. The van der Waals surface area contributed by atoms with E-state index >= 15 is 0 Å². The highest BCUT2D eigenvalue weighted by Crippen LogP contribution is 2.33. The Bertz CT molecular complexity index is 416. The molecule has 1 aromatic rings. The van der Waals surface area contributed by atoms with Gasteiger partial charge in [0.05, 0.1) is 4.92 Å². The number of pyridine rings is 1. The summed E-state index contributed by atoms with van der Waals surface area (Å²) < 4.78 is 0. The van der Waals surface area contributed by atoms with Gasteiger partial charge in [-0.25, -0.2) is 4.98 Å². The van der Waals surface area contributed by atoms with Gasteiger partial charge >= 0.3 is 5.69 Å². The summed E-state index contributed by atoms with van der Waals surface area (Å²) in [5.74, 6) is 0.202. The molecular formula is C10H13ClN2O2. The van der Waals surface area contributed by atoms with Crippen LogP contribution in [0.3, 0.4) is 0 Å². The third kappa shape index (κ3) is 2.09. The van der Waals surface area contributed by atoms with E-state index in [-0.39, 0.29) is 16.8 Å². The number of hydrogen-bond acceptors (Lipinski definition) is 3. The number of aromatic nitrogens is 1. The molecule has 0 amide bonds. The Hall–Kier alpha value is -1.16. The van der Waals surface area contributed by atoms with Gasteiger partial charge in [0.2, 0.25) is 5.15 Å². The van der Waals surface area contributed by atoms with Crippen LogP contribution in [0.15, 0.2) is 0 Å². The van der Waals surface area contributed by atoms with Gasteiger partial charge in [-0.05, 0) is 25.3 Å². The standard InChI is InChI=1S/C10H13ClN2O2/c1-5(2)8-6(3)9(13(14)15)10(11)12-7(8)4/h5H,1-4H3. The Balaban J connectivity index is 3.56. The van der Waals surface area contributed by atoms with Gasteiger partial charge in [0.15, 0.2) is 0 Å². The summed E-state index contributed by atoms with van der Waals surface area (Å²) in [6, 6.07) is 0. The number of hydrogen-bond donors (Lipinski definition) is 0. The van der Waals surface area contributed by atoms with Crippen molar-refractivity contribution in [3.63, 3.8) is 0 Å². The van der Waals surface area contributed by atoms with E-state index in [1.54, 1.807) is 6.92 Å². The highest BCUT2D eigenvalue weighted by molar-refractivity contribution is 6.31. The second-order valence-corrected chi connectivity index (χ2v) is 4.15. The van der Waals surface area contributed by atoms with Gasteiger partial charge in [0.25, 0.3) is 0 Å². The average Bonchev–Trinajstić information content (AvgIpc) is 1.99. The smallest absolute Gasteiger partial charge is 0.258 e. The molecule has 0 atom stereocenters. The van der Waals surface area contributed by atoms with Gasteiger partial charge < -0.3 is 0 Å². The van der Waals surface area contributed by atoms with Crippen molar-refractivity contribution in [3.8, 4) is 0 Å². The highest BCUT2D eigenvalue weighted by Gasteiger charge is 2.23. The first-order valence-corrected chi connectivity index (χ1v) is 5.05. The maximum absolute atomic E-state index is 10.8. The fraction of sp³-hybridized carbons (Fsp3) is 0.500. The third-order valence-electron chi connectivity index (χ3n) is 2.37. The lowest BCUT2D eigenvalue weighted by molar-refractivity contribution is -0.385. The van der Waals surface area contributed by atoms with E-state index in [0.717, 1.165) is 11.3 Å². The molecule has 5 heteroatoms. The monoisotopic (exact) mass is 228 g/mol. The molecule has 1 heterocycles. The molecule has 0 aliphatic rings. The minimum Gasteiger partial charge on any atom is -0.258 e. The van der Waals surface area contributed by atoms with Crippen molar-refractivity contribution in [2.24, 2.45) is 0 Å². The summed E-state index contributed by atoms with van der Waals surface area (Å²) in [6.07, 6.45) is 0. The van der Waals surface area contributed by atoms with E-state index in [1.165, 1.54) is 0 Å². The summed E-state index contributed by atoms with van der Waals surface area (Å²) in [7, 11) is 0. The van der Waals surface area contributed by atoms with Crippen molar-refractivity contribution in [1.29, 1.82) is 0 Å². The van der Waals surface area contributed by atoms with Crippen molar-refractivity contribution >= 4 is 17.3 Å². The second-order valence-electron chi connectivity index (χ2n) is 3.79. The van der Waals surface area contributed by atoms with E-state index in [2.05, 4.69) is 4.98 Å². The normalized spacial score (nSPS) is 10.8. The summed E-state index contributed by atoms with van der Waals surface area (Å²) >= 11 is 5.75. The molecule has 0 bridgehead atoms. The zero-order valence-corrected chi connectivity index (χ0v) is 9.92.